The Morgan fingerprint density at radius 1 is 1.13 bits per heavy atom. The van der Waals surface area contributed by atoms with Gasteiger partial charge in [0.1, 0.15) is 5.60 Å². The number of benzene rings is 2. The van der Waals surface area contributed by atoms with Crippen molar-refractivity contribution in [2.24, 2.45) is 7.05 Å². The molecule has 0 spiro atoms. The van der Waals surface area contributed by atoms with E-state index in [1.54, 1.807) is 0 Å². The van der Waals surface area contributed by atoms with Gasteiger partial charge in [0, 0.05) is 53.7 Å². The summed E-state index contributed by atoms with van der Waals surface area (Å²) in [6.07, 6.45) is 1.18. The number of amides is 2. The van der Waals surface area contributed by atoms with E-state index in [0.717, 1.165) is 57.3 Å². The fraction of sp³-hybridized carbons (Fsp3) is 0.414. The topological polar surface area (TPSA) is 81.4 Å². The number of carbonyl (C=O) groups is 2. The number of nitrogens with one attached hydrogen (secondary N) is 1. The molecule has 1 aliphatic rings. The first-order chi connectivity index (χ1) is 18.0. The number of hydrogen-bond donors (Lipinski definition) is 1. The number of carbonyl (C=O) groups excluding carboxylic acids is 2. The molecule has 2 aromatic heterocycles. The van der Waals surface area contributed by atoms with Crippen molar-refractivity contribution in [2.45, 2.75) is 58.7 Å². The third kappa shape index (κ3) is 5.16. The average Bonchev–Trinajstić information content (AvgIpc) is 3.38. The molecule has 1 N–H and O–H groups in total. The Morgan fingerprint density at radius 3 is 2.66 bits per heavy atom. The van der Waals surface area contributed by atoms with Crippen molar-refractivity contribution in [3.8, 4) is 11.5 Å². The molecule has 1 fully saturated rings. The lowest BCUT2D eigenvalue weighted by molar-refractivity contribution is 0.0452. The highest BCUT2D eigenvalue weighted by Crippen LogP contribution is 2.32. The molecule has 0 aliphatic carbocycles. The summed E-state index contributed by atoms with van der Waals surface area (Å²) < 4.78 is 10.8. The third-order valence-corrected chi connectivity index (χ3v) is 7.46. The van der Waals surface area contributed by atoms with Crippen LogP contribution in [0.3, 0.4) is 0 Å². The van der Waals surface area contributed by atoms with E-state index in [0.29, 0.717) is 18.7 Å². The monoisotopic (exact) mass is 579 g/mol. The minimum Gasteiger partial charge on any atom is -0.444 e. The van der Waals surface area contributed by atoms with E-state index in [2.05, 4.69) is 55.5 Å². The SMILES string of the molecule is CCn1c(-c2nc3cc(C(=O)N4CCCC(NC(=O)OC(C)(C)C)C4)ccc3n2C)cc2ccc(Br)cc21. The van der Waals surface area contributed by atoms with Crippen LogP contribution in [-0.4, -0.2) is 55.8 Å². The number of aryl methyl sites for hydroxylation is 2. The normalized spacial score (nSPS) is 16.3. The average molecular weight is 581 g/mol. The van der Waals surface area contributed by atoms with Crippen LogP contribution < -0.4 is 5.32 Å². The van der Waals surface area contributed by atoms with Crippen molar-refractivity contribution in [3.63, 3.8) is 0 Å². The van der Waals surface area contributed by atoms with Crippen LogP contribution in [0.5, 0.6) is 0 Å². The summed E-state index contributed by atoms with van der Waals surface area (Å²) >= 11 is 3.59. The van der Waals surface area contributed by atoms with Crippen molar-refractivity contribution in [3.05, 3.63) is 52.5 Å². The molecular formula is C29H34BrN5O3. The smallest absolute Gasteiger partial charge is 0.407 e. The quantitative estimate of drug-likeness (QED) is 0.316. The van der Waals surface area contributed by atoms with Crippen LogP contribution in [-0.2, 0) is 18.3 Å². The van der Waals surface area contributed by atoms with Crippen LogP contribution in [0.15, 0.2) is 46.9 Å². The molecule has 0 bridgehead atoms. The van der Waals surface area contributed by atoms with Gasteiger partial charge in [0.15, 0.2) is 5.82 Å². The summed E-state index contributed by atoms with van der Waals surface area (Å²) in [5.41, 5.74) is 3.98. The van der Waals surface area contributed by atoms with Crippen molar-refractivity contribution in [1.82, 2.24) is 24.3 Å². The van der Waals surface area contributed by atoms with Gasteiger partial charge in [0.2, 0.25) is 0 Å². The van der Waals surface area contributed by atoms with E-state index >= 15 is 0 Å². The molecule has 38 heavy (non-hydrogen) atoms. The van der Waals surface area contributed by atoms with Crippen molar-refractivity contribution in [1.29, 1.82) is 0 Å². The molecule has 1 aliphatic heterocycles. The predicted molar refractivity (Wildman–Crippen MR) is 153 cm³/mol. The molecule has 9 heteroatoms. The fourth-order valence-electron chi connectivity index (χ4n) is 5.25. The van der Waals surface area contributed by atoms with Gasteiger partial charge in [-0.3, -0.25) is 4.79 Å². The Labute approximate surface area is 231 Å². The van der Waals surface area contributed by atoms with Crippen LogP contribution in [0.25, 0.3) is 33.5 Å². The van der Waals surface area contributed by atoms with E-state index < -0.39 is 11.7 Å². The highest BCUT2D eigenvalue weighted by molar-refractivity contribution is 9.10. The molecule has 0 saturated carbocycles. The number of fused-ring (bicyclic) bond motifs is 2. The number of halogens is 1. The number of piperidine rings is 1. The highest BCUT2D eigenvalue weighted by Gasteiger charge is 2.28. The lowest BCUT2D eigenvalue weighted by atomic mass is 10.0. The zero-order chi connectivity index (χ0) is 27.2. The number of aromatic nitrogens is 3. The molecule has 0 radical (unpaired) electrons. The molecule has 200 valence electrons. The lowest BCUT2D eigenvalue weighted by Crippen LogP contribution is -2.50. The van der Waals surface area contributed by atoms with Crippen LogP contribution in [0.1, 0.15) is 50.9 Å². The summed E-state index contributed by atoms with van der Waals surface area (Å²) in [6, 6.07) is 14.0. The second-order valence-corrected chi connectivity index (χ2v) is 11.8. The molecule has 5 rings (SSSR count). The number of hydrogen-bond acceptors (Lipinski definition) is 4. The van der Waals surface area contributed by atoms with Crippen LogP contribution in [0.4, 0.5) is 4.79 Å². The maximum absolute atomic E-state index is 13.5. The third-order valence-electron chi connectivity index (χ3n) is 6.97. The number of alkyl carbamates (subject to hydrolysis) is 1. The van der Waals surface area contributed by atoms with Gasteiger partial charge in [0.25, 0.3) is 5.91 Å². The van der Waals surface area contributed by atoms with Gasteiger partial charge in [-0.1, -0.05) is 22.0 Å². The second kappa shape index (κ2) is 10.1. The first-order valence-electron chi connectivity index (χ1n) is 13.1. The molecule has 1 saturated heterocycles. The lowest BCUT2D eigenvalue weighted by Gasteiger charge is -2.33. The minimum atomic E-state index is -0.562. The molecule has 4 aromatic rings. The van der Waals surface area contributed by atoms with E-state index in [9.17, 15) is 9.59 Å². The van der Waals surface area contributed by atoms with Crippen LogP contribution in [0, 0.1) is 0 Å². The molecule has 2 amide bonds. The maximum atomic E-state index is 13.5. The van der Waals surface area contributed by atoms with Crippen LogP contribution in [0.2, 0.25) is 0 Å². The summed E-state index contributed by atoms with van der Waals surface area (Å²) in [6.45, 7) is 9.57. The number of rotatable bonds is 4. The number of nitrogens with zero attached hydrogens (tertiary/aromatic N) is 4. The zero-order valence-electron chi connectivity index (χ0n) is 22.5. The number of imidazole rings is 1. The molecule has 8 nitrogen and oxygen atoms in total. The number of likely N-dealkylation sites (tertiary alicyclic amines) is 1. The first kappa shape index (κ1) is 26.3. The predicted octanol–water partition coefficient (Wildman–Crippen LogP) is 6.11. The summed E-state index contributed by atoms with van der Waals surface area (Å²) in [4.78, 5) is 32.5. The standard InChI is InChI=1S/C29H34BrN5O3/c1-6-35-24-16-20(30)11-9-18(24)15-25(35)26-32-22-14-19(10-12-23(22)33(26)5)27(36)34-13-7-8-21(17-34)31-28(37)38-29(2,3)4/h9-12,14-16,21H,6-8,13,17H2,1-5H3,(H,31,37). The van der Waals surface area contributed by atoms with Gasteiger partial charge in [-0.05, 0) is 76.9 Å². The van der Waals surface area contributed by atoms with Gasteiger partial charge in [-0.25, -0.2) is 9.78 Å². The zero-order valence-corrected chi connectivity index (χ0v) is 24.1. The largest absolute Gasteiger partial charge is 0.444 e. The van der Waals surface area contributed by atoms with Crippen molar-refractivity contribution < 1.29 is 14.3 Å². The van der Waals surface area contributed by atoms with E-state index in [1.165, 1.54) is 0 Å². The molecular weight excluding hydrogens is 546 g/mol. The summed E-state index contributed by atoms with van der Waals surface area (Å²) in [5, 5.41) is 4.08. The van der Waals surface area contributed by atoms with Gasteiger partial charge >= 0.3 is 6.09 Å². The Morgan fingerprint density at radius 2 is 1.92 bits per heavy atom. The minimum absolute atomic E-state index is 0.0534. The maximum Gasteiger partial charge on any atom is 0.407 e. The Bertz CT molecular complexity index is 1530. The summed E-state index contributed by atoms with van der Waals surface area (Å²) in [7, 11) is 2.01. The molecule has 1 unspecified atom stereocenters. The van der Waals surface area contributed by atoms with E-state index in [1.807, 2.05) is 57.0 Å². The molecule has 1 atom stereocenters. The number of ether oxygens (including phenoxy) is 1. The molecule has 2 aromatic carbocycles. The Kier molecular flexibility index (Phi) is 6.98. The first-order valence-corrected chi connectivity index (χ1v) is 13.9. The van der Waals surface area contributed by atoms with Gasteiger partial charge in [0.05, 0.1) is 16.7 Å². The highest BCUT2D eigenvalue weighted by atomic mass is 79.9. The van der Waals surface area contributed by atoms with Gasteiger partial charge < -0.3 is 24.1 Å². The van der Waals surface area contributed by atoms with Crippen molar-refractivity contribution in [2.75, 3.05) is 13.1 Å². The van der Waals surface area contributed by atoms with Gasteiger partial charge in [-0.15, -0.1) is 0 Å². The Hall–Kier alpha value is -3.33. The molecule has 3 heterocycles. The van der Waals surface area contributed by atoms with E-state index in [4.69, 9.17) is 9.72 Å². The fourth-order valence-corrected chi connectivity index (χ4v) is 5.60. The van der Waals surface area contributed by atoms with Crippen molar-refractivity contribution >= 4 is 49.9 Å². The van der Waals surface area contributed by atoms with Crippen LogP contribution >= 0.6 is 15.9 Å². The Balaban J connectivity index is 1.40. The summed E-state index contributed by atoms with van der Waals surface area (Å²) in [5.74, 6) is 0.806. The second-order valence-electron chi connectivity index (χ2n) is 10.9. The van der Waals surface area contributed by atoms with E-state index in [-0.39, 0.29) is 11.9 Å². The van der Waals surface area contributed by atoms with Gasteiger partial charge in [-0.2, -0.15) is 0 Å².